The van der Waals surface area contributed by atoms with E-state index in [1.807, 2.05) is 17.8 Å². The second-order valence-electron chi connectivity index (χ2n) is 6.55. The Kier molecular flexibility index (Phi) is 6.45. The van der Waals surface area contributed by atoms with Crippen LogP contribution in [-0.2, 0) is 11.6 Å². The minimum atomic E-state index is -4.34. The molecule has 4 rings (SSSR count). The monoisotopic (exact) mass is 488 g/mol. The molecule has 0 bridgehead atoms. The van der Waals surface area contributed by atoms with Gasteiger partial charge in [0.2, 0.25) is 0 Å². The van der Waals surface area contributed by atoms with E-state index in [2.05, 4.69) is 15.3 Å². The summed E-state index contributed by atoms with van der Waals surface area (Å²) in [6, 6.07) is 10.6. The lowest BCUT2D eigenvalue weighted by Gasteiger charge is -2.11. The maximum absolute atomic E-state index is 12.8. The number of aromatic nitrogens is 3. The first-order valence-electron chi connectivity index (χ1n) is 9.13. The molecule has 9 nitrogen and oxygen atoms in total. The lowest BCUT2D eigenvalue weighted by atomic mass is 10.2. The molecule has 0 spiro atoms. The molecule has 0 fully saturated rings. The molecule has 0 aliphatic rings. The smallest absolute Gasteiger partial charge is 0.356 e. The molecular formula is C20H17N4O5PS2. The number of carbonyl (C=O) groups excluding carboxylic acids is 1. The Hall–Kier alpha value is -2.95. The number of carbonyl (C=O) groups is 1. The molecule has 0 unspecified atom stereocenters. The fourth-order valence-electron chi connectivity index (χ4n) is 2.68. The number of ether oxygens (including phenoxy) is 1. The van der Waals surface area contributed by atoms with Gasteiger partial charge in [-0.1, -0.05) is 11.8 Å². The first-order chi connectivity index (χ1) is 15.3. The number of anilines is 1. The number of rotatable bonds is 7. The lowest BCUT2D eigenvalue weighted by molar-refractivity contribution is 0.102. The SMILES string of the molecule is Cn1ccnc1Sc1cc(Oc2ccc(P(=O)(O)O)cc2)cc(C(=O)Nc2nccs2)c1. The Morgan fingerprint density at radius 2 is 1.91 bits per heavy atom. The quantitative estimate of drug-likeness (QED) is 0.335. The molecule has 0 radical (unpaired) electrons. The minimum Gasteiger partial charge on any atom is -0.457 e. The highest BCUT2D eigenvalue weighted by Crippen LogP contribution is 2.35. The molecular weight excluding hydrogens is 471 g/mol. The maximum Gasteiger partial charge on any atom is 0.356 e. The molecule has 2 aromatic heterocycles. The zero-order chi connectivity index (χ0) is 22.7. The van der Waals surface area contributed by atoms with Crippen LogP contribution in [0.2, 0.25) is 0 Å². The minimum absolute atomic E-state index is 0.104. The second-order valence-corrected chi connectivity index (χ2v) is 10.1. The predicted octanol–water partition coefficient (Wildman–Crippen LogP) is 3.88. The number of imidazole rings is 1. The van der Waals surface area contributed by atoms with E-state index in [-0.39, 0.29) is 11.2 Å². The second kappa shape index (κ2) is 9.27. The van der Waals surface area contributed by atoms with E-state index in [0.29, 0.717) is 22.2 Å². The Morgan fingerprint density at radius 3 is 2.53 bits per heavy atom. The van der Waals surface area contributed by atoms with Crippen molar-refractivity contribution < 1.29 is 23.9 Å². The van der Waals surface area contributed by atoms with Crippen molar-refractivity contribution in [3.8, 4) is 11.5 Å². The summed E-state index contributed by atoms with van der Waals surface area (Å²) in [6.07, 6.45) is 5.10. The van der Waals surface area contributed by atoms with Gasteiger partial charge in [-0.15, -0.1) is 11.3 Å². The van der Waals surface area contributed by atoms with Gasteiger partial charge >= 0.3 is 7.60 Å². The van der Waals surface area contributed by atoms with Gasteiger partial charge in [0.05, 0.1) is 5.30 Å². The highest BCUT2D eigenvalue weighted by atomic mass is 32.2. The van der Waals surface area contributed by atoms with E-state index < -0.39 is 7.60 Å². The van der Waals surface area contributed by atoms with Crippen molar-refractivity contribution in [3.63, 3.8) is 0 Å². The number of thiazole rings is 1. The van der Waals surface area contributed by atoms with Gasteiger partial charge in [0.15, 0.2) is 10.3 Å². The molecule has 1 amide bonds. The van der Waals surface area contributed by atoms with Crippen LogP contribution in [0.3, 0.4) is 0 Å². The largest absolute Gasteiger partial charge is 0.457 e. The van der Waals surface area contributed by atoms with Crippen LogP contribution >= 0.6 is 30.7 Å². The highest BCUT2D eigenvalue weighted by molar-refractivity contribution is 7.99. The van der Waals surface area contributed by atoms with Crippen molar-refractivity contribution in [2.75, 3.05) is 5.32 Å². The van der Waals surface area contributed by atoms with Crippen LogP contribution in [0, 0.1) is 0 Å². The van der Waals surface area contributed by atoms with Gasteiger partial charge < -0.3 is 19.1 Å². The highest BCUT2D eigenvalue weighted by Gasteiger charge is 2.17. The molecule has 0 atom stereocenters. The average Bonchev–Trinajstić information content (AvgIpc) is 3.39. The van der Waals surface area contributed by atoms with E-state index in [1.165, 1.54) is 47.4 Å². The zero-order valence-corrected chi connectivity index (χ0v) is 19.1. The van der Waals surface area contributed by atoms with E-state index in [9.17, 15) is 19.1 Å². The predicted molar refractivity (Wildman–Crippen MR) is 122 cm³/mol. The molecule has 164 valence electrons. The topological polar surface area (TPSA) is 127 Å². The van der Waals surface area contributed by atoms with Crippen LogP contribution in [0.15, 0.2) is 76.5 Å². The van der Waals surface area contributed by atoms with Crippen LogP contribution in [0.5, 0.6) is 11.5 Å². The van der Waals surface area contributed by atoms with Crippen molar-refractivity contribution in [2.24, 2.45) is 7.05 Å². The van der Waals surface area contributed by atoms with Crippen molar-refractivity contribution in [3.05, 3.63) is 72.0 Å². The van der Waals surface area contributed by atoms with Crippen LogP contribution in [0.4, 0.5) is 5.13 Å². The van der Waals surface area contributed by atoms with E-state index >= 15 is 0 Å². The van der Waals surface area contributed by atoms with Gasteiger partial charge in [0.25, 0.3) is 5.91 Å². The third kappa shape index (κ3) is 5.45. The normalized spacial score (nSPS) is 11.3. The van der Waals surface area contributed by atoms with E-state index in [4.69, 9.17) is 4.74 Å². The van der Waals surface area contributed by atoms with Crippen molar-refractivity contribution in [1.82, 2.24) is 14.5 Å². The number of aryl methyl sites for hydroxylation is 1. The first-order valence-corrected chi connectivity index (χ1v) is 12.4. The fourth-order valence-corrected chi connectivity index (χ4v) is 4.63. The Bertz CT molecular complexity index is 1290. The molecule has 32 heavy (non-hydrogen) atoms. The van der Waals surface area contributed by atoms with Crippen molar-refractivity contribution >= 4 is 47.0 Å². The number of hydrogen-bond acceptors (Lipinski definition) is 7. The number of benzene rings is 2. The molecule has 12 heteroatoms. The fraction of sp³-hybridized carbons (Fsp3) is 0.0500. The molecule has 0 saturated heterocycles. The summed E-state index contributed by atoms with van der Waals surface area (Å²) in [5.41, 5.74) is 0.362. The van der Waals surface area contributed by atoms with Crippen molar-refractivity contribution in [2.45, 2.75) is 10.1 Å². The van der Waals surface area contributed by atoms with Crippen molar-refractivity contribution in [1.29, 1.82) is 0 Å². The van der Waals surface area contributed by atoms with Gasteiger partial charge in [0.1, 0.15) is 11.5 Å². The summed E-state index contributed by atoms with van der Waals surface area (Å²) in [6.45, 7) is 0. The van der Waals surface area contributed by atoms with Gasteiger partial charge in [-0.25, -0.2) is 9.97 Å². The standard InChI is InChI=1S/C20H17N4O5PS2/c1-24-8-6-22-20(24)32-17-11-13(18(25)23-19-21-7-9-31-19)10-15(12-17)29-14-2-4-16(5-3-14)30(26,27)28/h2-12H,1H3,(H,21,23,25)(H2,26,27,28). The third-order valence-corrected chi connectivity index (χ3v) is 6.90. The van der Waals surface area contributed by atoms with Gasteiger partial charge in [-0.05, 0) is 42.5 Å². The Morgan fingerprint density at radius 1 is 1.12 bits per heavy atom. The molecule has 2 aromatic carbocycles. The summed E-state index contributed by atoms with van der Waals surface area (Å²) in [5.74, 6) is 0.411. The summed E-state index contributed by atoms with van der Waals surface area (Å²) in [4.78, 5) is 40.4. The van der Waals surface area contributed by atoms with Crippen LogP contribution in [0.1, 0.15) is 10.4 Å². The number of amides is 1. The molecule has 4 aromatic rings. The average molecular weight is 488 g/mol. The van der Waals surface area contributed by atoms with Crippen LogP contribution in [0.25, 0.3) is 0 Å². The van der Waals surface area contributed by atoms with E-state index in [1.54, 1.807) is 36.0 Å². The van der Waals surface area contributed by atoms with Crippen LogP contribution < -0.4 is 15.4 Å². The van der Waals surface area contributed by atoms with Gasteiger partial charge in [0, 0.05) is 41.5 Å². The summed E-state index contributed by atoms with van der Waals surface area (Å²) in [5, 5.41) is 5.62. The number of nitrogens with zero attached hydrogens (tertiary/aromatic N) is 3. The summed E-state index contributed by atoms with van der Waals surface area (Å²) in [7, 11) is -2.47. The molecule has 0 aliphatic heterocycles. The van der Waals surface area contributed by atoms with Gasteiger partial charge in [-0.2, -0.15) is 0 Å². The number of hydrogen-bond donors (Lipinski definition) is 3. The molecule has 0 aliphatic carbocycles. The molecule has 0 saturated carbocycles. The lowest BCUT2D eigenvalue weighted by Crippen LogP contribution is -2.12. The summed E-state index contributed by atoms with van der Waals surface area (Å²) >= 11 is 2.68. The van der Waals surface area contributed by atoms with Crippen LogP contribution in [-0.4, -0.2) is 30.2 Å². The number of nitrogens with one attached hydrogen (secondary N) is 1. The van der Waals surface area contributed by atoms with E-state index in [0.717, 1.165) is 10.1 Å². The summed E-state index contributed by atoms with van der Waals surface area (Å²) < 4.78 is 19.1. The zero-order valence-electron chi connectivity index (χ0n) is 16.6. The molecule has 2 heterocycles. The first kappa shape index (κ1) is 22.3. The third-order valence-electron chi connectivity index (χ3n) is 4.19. The maximum atomic E-state index is 12.8. The molecule has 3 N–H and O–H groups in total. The van der Waals surface area contributed by atoms with Gasteiger partial charge in [-0.3, -0.25) is 14.7 Å². The Labute approximate surface area is 191 Å². The Balaban J connectivity index is 1.63.